The van der Waals surface area contributed by atoms with Gasteiger partial charge in [-0.25, -0.2) is 9.97 Å². The zero-order valence-corrected chi connectivity index (χ0v) is 15.6. The Kier molecular flexibility index (Phi) is 5.23. The largest absolute Gasteiger partial charge is 0.341 e. The van der Waals surface area contributed by atoms with E-state index in [0.29, 0.717) is 28.3 Å². The standard InChI is InChI=1S/C19H23ClN4O/c1-12-5-4-8-24(11-12)19-21-7-6-16(22-19)18(25)23-17-14(3)9-13(2)10-15(17)20/h6-7,9-10,12H,4-5,8,11H2,1-3H3,(H,23,25). The SMILES string of the molecule is Cc1cc(C)c(NC(=O)c2ccnc(N3CCCC(C)C3)n2)c(Cl)c1. The Morgan fingerprint density at radius 1 is 1.36 bits per heavy atom. The van der Waals surface area contributed by atoms with E-state index in [1.54, 1.807) is 12.3 Å². The van der Waals surface area contributed by atoms with Crippen molar-refractivity contribution in [2.75, 3.05) is 23.3 Å². The molecule has 1 atom stereocenters. The molecule has 1 unspecified atom stereocenters. The van der Waals surface area contributed by atoms with E-state index in [9.17, 15) is 4.79 Å². The molecule has 0 bridgehead atoms. The number of aromatic nitrogens is 2. The fraction of sp³-hybridized carbons (Fsp3) is 0.421. The van der Waals surface area contributed by atoms with Crippen LogP contribution in [-0.4, -0.2) is 29.0 Å². The highest BCUT2D eigenvalue weighted by Gasteiger charge is 2.20. The third kappa shape index (κ3) is 4.10. The van der Waals surface area contributed by atoms with E-state index >= 15 is 0 Å². The first-order chi connectivity index (χ1) is 11.9. The highest BCUT2D eigenvalue weighted by atomic mass is 35.5. The third-order valence-corrected chi connectivity index (χ3v) is 4.78. The summed E-state index contributed by atoms with van der Waals surface area (Å²) in [5, 5.41) is 3.41. The van der Waals surface area contributed by atoms with Crippen LogP contribution in [0.25, 0.3) is 0 Å². The van der Waals surface area contributed by atoms with E-state index in [-0.39, 0.29) is 5.91 Å². The van der Waals surface area contributed by atoms with Crippen molar-refractivity contribution in [1.29, 1.82) is 0 Å². The van der Waals surface area contributed by atoms with Crippen molar-refractivity contribution in [3.63, 3.8) is 0 Å². The van der Waals surface area contributed by atoms with E-state index in [4.69, 9.17) is 11.6 Å². The smallest absolute Gasteiger partial charge is 0.274 e. The van der Waals surface area contributed by atoms with Gasteiger partial charge in [0.1, 0.15) is 5.69 Å². The highest BCUT2D eigenvalue weighted by Crippen LogP contribution is 2.28. The lowest BCUT2D eigenvalue weighted by atomic mass is 10.0. The van der Waals surface area contributed by atoms with Crippen molar-refractivity contribution < 1.29 is 4.79 Å². The minimum atomic E-state index is -0.275. The molecule has 0 radical (unpaired) electrons. The van der Waals surface area contributed by atoms with Gasteiger partial charge in [-0.3, -0.25) is 4.79 Å². The fourth-order valence-electron chi connectivity index (χ4n) is 3.25. The zero-order chi connectivity index (χ0) is 18.0. The highest BCUT2D eigenvalue weighted by molar-refractivity contribution is 6.34. The third-order valence-electron chi connectivity index (χ3n) is 4.49. The first kappa shape index (κ1) is 17.7. The molecule has 5 nitrogen and oxygen atoms in total. The van der Waals surface area contributed by atoms with Gasteiger partial charge in [-0.1, -0.05) is 24.6 Å². The molecule has 25 heavy (non-hydrogen) atoms. The second-order valence-electron chi connectivity index (χ2n) is 6.83. The number of nitrogens with one attached hydrogen (secondary N) is 1. The number of rotatable bonds is 3. The predicted octanol–water partition coefficient (Wildman–Crippen LogP) is 4.24. The first-order valence-electron chi connectivity index (χ1n) is 8.60. The number of anilines is 2. The van der Waals surface area contributed by atoms with Crippen LogP contribution in [0, 0.1) is 19.8 Å². The van der Waals surface area contributed by atoms with Gasteiger partial charge in [0.05, 0.1) is 10.7 Å². The lowest BCUT2D eigenvalue weighted by Gasteiger charge is -2.30. The number of hydrogen-bond donors (Lipinski definition) is 1. The van der Waals surface area contributed by atoms with Crippen molar-refractivity contribution in [3.8, 4) is 0 Å². The summed E-state index contributed by atoms with van der Waals surface area (Å²) in [5.74, 6) is 0.956. The molecule has 2 heterocycles. The maximum Gasteiger partial charge on any atom is 0.274 e. The van der Waals surface area contributed by atoms with Crippen molar-refractivity contribution in [1.82, 2.24) is 9.97 Å². The molecule has 1 aromatic heterocycles. The molecule has 3 rings (SSSR count). The molecular weight excluding hydrogens is 336 g/mol. The van der Waals surface area contributed by atoms with E-state index in [1.165, 1.54) is 6.42 Å². The van der Waals surface area contributed by atoms with E-state index in [1.807, 2.05) is 26.0 Å². The van der Waals surface area contributed by atoms with Gasteiger partial charge in [0, 0.05) is 19.3 Å². The van der Waals surface area contributed by atoms with Crippen molar-refractivity contribution in [2.45, 2.75) is 33.6 Å². The van der Waals surface area contributed by atoms with E-state index in [2.05, 4.69) is 27.1 Å². The molecule has 1 amide bonds. The normalized spacial score (nSPS) is 17.4. The lowest BCUT2D eigenvalue weighted by Crippen LogP contribution is -2.35. The van der Waals surface area contributed by atoms with Gasteiger partial charge in [-0.15, -0.1) is 0 Å². The molecule has 1 saturated heterocycles. The number of nitrogens with zero attached hydrogens (tertiary/aromatic N) is 3. The number of halogens is 1. The molecule has 1 aromatic carbocycles. The first-order valence-corrected chi connectivity index (χ1v) is 8.98. The van der Waals surface area contributed by atoms with Gasteiger partial charge in [0.15, 0.2) is 0 Å². The van der Waals surface area contributed by atoms with Crippen LogP contribution in [-0.2, 0) is 0 Å². The minimum Gasteiger partial charge on any atom is -0.341 e. The Hall–Kier alpha value is -2.14. The summed E-state index contributed by atoms with van der Waals surface area (Å²) >= 11 is 6.28. The van der Waals surface area contributed by atoms with Crippen molar-refractivity contribution in [2.24, 2.45) is 5.92 Å². The summed E-state index contributed by atoms with van der Waals surface area (Å²) < 4.78 is 0. The summed E-state index contributed by atoms with van der Waals surface area (Å²) in [6, 6.07) is 5.45. The van der Waals surface area contributed by atoms with Crippen LogP contribution in [0.3, 0.4) is 0 Å². The molecule has 2 aromatic rings. The van der Waals surface area contributed by atoms with E-state index in [0.717, 1.165) is 30.6 Å². The summed E-state index contributed by atoms with van der Waals surface area (Å²) in [5.41, 5.74) is 2.96. The van der Waals surface area contributed by atoms with Gasteiger partial charge in [0.2, 0.25) is 5.95 Å². The Morgan fingerprint density at radius 2 is 2.16 bits per heavy atom. The van der Waals surface area contributed by atoms with Gasteiger partial charge in [-0.2, -0.15) is 0 Å². The monoisotopic (exact) mass is 358 g/mol. The van der Waals surface area contributed by atoms with Crippen LogP contribution in [0.4, 0.5) is 11.6 Å². The number of benzene rings is 1. The Labute approximate surface area is 153 Å². The second-order valence-corrected chi connectivity index (χ2v) is 7.24. The Morgan fingerprint density at radius 3 is 2.88 bits per heavy atom. The molecule has 1 aliphatic rings. The average molecular weight is 359 g/mol. The van der Waals surface area contributed by atoms with Crippen LogP contribution in [0.1, 0.15) is 41.4 Å². The molecule has 1 aliphatic heterocycles. The van der Waals surface area contributed by atoms with Gasteiger partial charge in [-0.05, 0) is 55.9 Å². The van der Waals surface area contributed by atoms with Crippen molar-refractivity contribution >= 4 is 29.1 Å². The van der Waals surface area contributed by atoms with Crippen molar-refractivity contribution in [3.05, 3.63) is 46.2 Å². The second kappa shape index (κ2) is 7.40. The number of piperidine rings is 1. The number of aryl methyl sites for hydroxylation is 2. The molecular formula is C19H23ClN4O. The molecule has 6 heteroatoms. The molecule has 0 spiro atoms. The van der Waals surface area contributed by atoms with Gasteiger partial charge < -0.3 is 10.2 Å². The van der Waals surface area contributed by atoms with Crippen LogP contribution in [0.5, 0.6) is 0 Å². The number of carbonyl (C=O) groups excluding carboxylic acids is 1. The van der Waals surface area contributed by atoms with Crippen LogP contribution < -0.4 is 10.2 Å². The maximum atomic E-state index is 12.6. The fourth-order valence-corrected chi connectivity index (χ4v) is 3.62. The maximum absolute atomic E-state index is 12.6. The quantitative estimate of drug-likeness (QED) is 0.891. The van der Waals surface area contributed by atoms with Crippen LogP contribution in [0.15, 0.2) is 24.4 Å². The lowest BCUT2D eigenvalue weighted by molar-refractivity contribution is 0.102. The molecule has 0 saturated carbocycles. The summed E-state index contributed by atoms with van der Waals surface area (Å²) in [6.07, 6.45) is 3.99. The van der Waals surface area contributed by atoms with Crippen LogP contribution in [0.2, 0.25) is 5.02 Å². The molecule has 1 N–H and O–H groups in total. The van der Waals surface area contributed by atoms with Gasteiger partial charge in [0.25, 0.3) is 5.91 Å². The number of hydrogen-bond acceptors (Lipinski definition) is 4. The van der Waals surface area contributed by atoms with Crippen LogP contribution >= 0.6 is 11.6 Å². The summed E-state index contributed by atoms with van der Waals surface area (Å²) in [6.45, 7) is 7.98. The summed E-state index contributed by atoms with van der Waals surface area (Å²) in [4.78, 5) is 23.6. The number of amides is 1. The zero-order valence-electron chi connectivity index (χ0n) is 14.8. The topological polar surface area (TPSA) is 58.1 Å². The molecule has 132 valence electrons. The Bertz CT molecular complexity index is 770. The average Bonchev–Trinajstić information content (AvgIpc) is 2.58. The summed E-state index contributed by atoms with van der Waals surface area (Å²) in [7, 11) is 0. The van der Waals surface area contributed by atoms with Gasteiger partial charge >= 0.3 is 0 Å². The minimum absolute atomic E-state index is 0.275. The predicted molar refractivity (Wildman–Crippen MR) is 102 cm³/mol. The number of carbonyl (C=O) groups is 1. The van der Waals surface area contributed by atoms with E-state index < -0.39 is 0 Å². The Balaban J connectivity index is 1.80. The molecule has 1 fully saturated rings. The molecule has 0 aliphatic carbocycles.